The fourth-order valence-electron chi connectivity index (χ4n) is 2.32. The number of rotatable bonds is 10. The van der Waals surface area contributed by atoms with Crippen molar-refractivity contribution >= 4 is 11.9 Å². The fourth-order valence-corrected chi connectivity index (χ4v) is 2.32. The van der Waals surface area contributed by atoms with Crippen molar-refractivity contribution in [1.29, 1.82) is 0 Å². The summed E-state index contributed by atoms with van der Waals surface area (Å²) in [6.07, 6.45) is 1.44. The number of halogens is 2. The molecule has 0 aliphatic carbocycles. The number of esters is 2. The Hall–Kier alpha value is -4.20. The molecule has 0 radical (unpaired) electrons. The number of ether oxygens (including phenoxy) is 4. The number of alkyl halides is 2. The number of benzene rings is 2. The smallest absolute Gasteiger partial charge is 0.338 e. The highest BCUT2D eigenvalue weighted by Gasteiger charge is 2.15. The highest BCUT2D eigenvalue weighted by atomic mass is 19.3. The third-order valence-corrected chi connectivity index (χ3v) is 3.99. The van der Waals surface area contributed by atoms with E-state index in [1.54, 1.807) is 30.3 Å². The summed E-state index contributed by atoms with van der Waals surface area (Å²) in [4.78, 5) is 22.6. The van der Waals surface area contributed by atoms with Crippen molar-refractivity contribution < 1.29 is 37.3 Å². The van der Waals surface area contributed by atoms with Gasteiger partial charge in [-0.15, -0.1) is 0 Å². The van der Waals surface area contributed by atoms with Gasteiger partial charge in [-0.3, -0.25) is 0 Å². The van der Waals surface area contributed by atoms with Crippen LogP contribution in [0.3, 0.4) is 0 Å². The minimum Gasteiger partial charge on any atom is -0.462 e. The summed E-state index contributed by atoms with van der Waals surface area (Å²) in [5, 5.41) is 0. The lowest BCUT2D eigenvalue weighted by atomic mass is 10.0. The quantitative estimate of drug-likeness (QED) is 0.240. The highest BCUT2D eigenvalue weighted by Crippen LogP contribution is 2.34. The van der Waals surface area contributed by atoms with Gasteiger partial charge in [0.2, 0.25) is 0 Å². The molecule has 0 fully saturated rings. The van der Waals surface area contributed by atoms with Crippen LogP contribution in [0.4, 0.5) is 8.78 Å². The second kappa shape index (κ2) is 12.0. The van der Waals surface area contributed by atoms with Crippen molar-refractivity contribution in [1.82, 2.24) is 0 Å². The van der Waals surface area contributed by atoms with Crippen LogP contribution in [-0.4, -0.2) is 11.9 Å². The van der Waals surface area contributed by atoms with Crippen LogP contribution in [0.25, 0.3) is 11.1 Å². The van der Waals surface area contributed by atoms with Crippen molar-refractivity contribution in [3.05, 3.63) is 97.4 Å². The summed E-state index contributed by atoms with van der Waals surface area (Å²) in [6.45, 7) is 9.87. The number of carbonyl (C=O) groups excluding carboxylic acids is 2. The Morgan fingerprint density at radius 3 is 1.82 bits per heavy atom. The zero-order valence-corrected chi connectivity index (χ0v) is 18.0. The van der Waals surface area contributed by atoms with Crippen LogP contribution in [0.5, 0.6) is 11.5 Å². The lowest BCUT2D eigenvalue weighted by Gasteiger charge is -2.11. The SMILES string of the molecule is C=C(C)C(=O)OC=COc1ccc(-c2ccc(OC=COC(=O)C(=C)C)c(C(F)F)c2)cc1. The van der Waals surface area contributed by atoms with E-state index in [1.807, 2.05) is 0 Å². The summed E-state index contributed by atoms with van der Waals surface area (Å²) in [6, 6.07) is 10.9. The molecule has 0 saturated carbocycles. The first-order chi connectivity index (χ1) is 15.7. The Kier molecular flexibility index (Phi) is 9.11. The minimum absolute atomic E-state index is 0.0780. The fraction of sp³-hybridized carbons (Fsp3) is 0.120. The van der Waals surface area contributed by atoms with Crippen LogP contribution < -0.4 is 9.47 Å². The van der Waals surface area contributed by atoms with Crippen molar-refractivity contribution in [2.45, 2.75) is 20.3 Å². The van der Waals surface area contributed by atoms with E-state index in [2.05, 4.69) is 13.2 Å². The predicted molar refractivity (Wildman–Crippen MR) is 118 cm³/mol. The first kappa shape index (κ1) is 25.1. The van der Waals surface area contributed by atoms with Crippen LogP contribution in [0.2, 0.25) is 0 Å². The van der Waals surface area contributed by atoms with Crippen molar-refractivity contribution in [2.75, 3.05) is 0 Å². The molecule has 0 unspecified atom stereocenters. The molecule has 172 valence electrons. The van der Waals surface area contributed by atoms with E-state index in [9.17, 15) is 18.4 Å². The van der Waals surface area contributed by atoms with E-state index in [4.69, 9.17) is 18.9 Å². The number of hydrogen-bond donors (Lipinski definition) is 0. The van der Waals surface area contributed by atoms with Gasteiger partial charge >= 0.3 is 11.9 Å². The average Bonchev–Trinajstić information content (AvgIpc) is 2.79. The Morgan fingerprint density at radius 2 is 1.30 bits per heavy atom. The van der Waals surface area contributed by atoms with Gasteiger partial charge in [0, 0.05) is 11.1 Å². The highest BCUT2D eigenvalue weighted by molar-refractivity contribution is 5.87. The zero-order valence-electron chi connectivity index (χ0n) is 18.0. The molecule has 0 aliphatic rings. The van der Waals surface area contributed by atoms with Crippen LogP contribution >= 0.6 is 0 Å². The largest absolute Gasteiger partial charge is 0.462 e. The molecule has 0 atom stereocenters. The average molecular weight is 456 g/mol. The summed E-state index contributed by atoms with van der Waals surface area (Å²) in [5.41, 5.74) is 1.32. The Bertz CT molecular complexity index is 1080. The van der Waals surface area contributed by atoms with Gasteiger partial charge in [-0.25, -0.2) is 18.4 Å². The maximum atomic E-state index is 13.5. The Morgan fingerprint density at radius 1 is 0.788 bits per heavy atom. The first-order valence-electron chi connectivity index (χ1n) is 9.58. The normalized spacial score (nSPS) is 10.9. The lowest BCUT2D eigenvalue weighted by Crippen LogP contribution is -2.00. The molecule has 0 aromatic heterocycles. The lowest BCUT2D eigenvalue weighted by molar-refractivity contribution is -0.134. The maximum absolute atomic E-state index is 13.5. The van der Waals surface area contributed by atoms with E-state index in [0.29, 0.717) is 16.9 Å². The second-order valence-corrected chi connectivity index (χ2v) is 6.73. The van der Waals surface area contributed by atoms with Gasteiger partial charge in [0.25, 0.3) is 6.43 Å². The Labute approximate surface area is 190 Å². The third kappa shape index (κ3) is 7.77. The predicted octanol–water partition coefficient (Wildman–Crippen LogP) is 6.23. The van der Waals surface area contributed by atoms with Gasteiger partial charge in [-0.2, -0.15) is 0 Å². The summed E-state index contributed by atoms with van der Waals surface area (Å²) in [5.74, 6) is -0.860. The summed E-state index contributed by atoms with van der Waals surface area (Å²) in [7, 11) is 0. The molecule has 0 saturated heterocycles. The van der Waals surface area contributed by atoms with Crippen LogP contribution in [0.15, 0.2) is 91.8 Å². The van der Waals surface area contributed by atoms with Gasteiger partial charge < -0.3 is 18.9 Å². The van der Waals surface area contributed by atoms with Gasteiger partial charge in [0.1, 0.15) is 36.5 Å². The molecule has 2 aromatic rings. The molecular formula is C25H22F2O6. The summed E-state index contributed by atoms with van der Waals surface area (Å²) < 4.78 is 47.1. The summed E-state index contributed by atoms with van der Waals surface area (Å²) >= 11 is 0. The molecule has 2 aromatic carbocycles. The molecule has 8 heteroatoms. The molecular weight excluding hydrogens is 434 g/mol. The maximum Gasteiger partial charge on any atom is 0.338 e. The third-order valence-electron chi connectivity index (χ3n) is 3.99. The van der Waals surface area contributed by atoms with Gasteiger partial charge in [0.15, 0.2) is 0 Å². The van der Waals surface area contributed by atoms with E-state index >= 15 is 0 Å². The van der Waals surface area contributed by atoms with Crippen LogP contribution in [-0.2, 0) is 19.1 Å². The topological polar surface area (TPSA) is 71.1 Å². The zero-order chi connectivity index (χ0) is 24.4. The Balaban J connectivity index is 2.07. The van der Waals surface area contributed by atoms with Gasteiger partial charge in [-0.1, -0.05) is 31.4 Å². The standard InChI is InChI=1S/C25H22F2O6/c1-16(2)24(28)32-13-11-30-20-8-5-18(6-9-20)19-7-10-22(21(15-19)23(26)27)31-12-14-33-25(29)17(3)4/h5-15,23H,1,3H2,2,4H3. The van der Waals surface area contributed by atoms with E-state index in [1.165, 1.54) is 32.2 Å². The molecule has 6 nitrogen and oxygen atoms in total. The van der Waals surface area contributed by atoms with E-state index < -0.39 is 18.4 Å². The second-order valence-electron chi connectivity index (χ2n) is 6.73. The molecule has 0 heterocycles. The number of carbonyl (C=O) groups is 2. The van der Waals surface area contributed by atoms with E-state index in [0.717, 1.165) is 18.8 Å². The van der Waals surface area contributed by atoms with Crippen molar-refractivity contribution in [3.8, 4) is 22.6 Å². The first-order valence-corrected chi connectivity index (χ1v) is 9.58. The van der Waals surface area contributed by atoms with E-state index in [-0.39, 0.29) is 22.5 Å². The molecule has 0 aliphatic heterocycles. The molecule has 0 N–H and O–H groups in total. The molecule has 2 rings (SSSR count). The molecule has 0 bridgehead atoms. The van der Waals surface area contributed by atoms with Crippen LogP contribution in [0.1, 0.15) is 25.8 Å². The van der Waals surface area contributed by atoms with Crippen molar-refractivity contribution in [2.24, 2.45) is 0 Å². The minimum atomic E-state index is -2.79. The molecule has 0 amide bonds. The van der Waals surface area contributed by atoms with Crippen LogP contribution in [0, 0.1) is 0 Å². The molecule has 33 heavy (non-hydrogen) atoms. The van der Waals surface area contributed by atoms with Gasteiger partial charge in [0.05, 0.1) is 5.56 Å². The molecule has 0 spiro atoms. The number of hydrogen-bond acceptors (Lipinski definition) is 6. The van der Waals surface area contributed by atoms with Gasteiger partial charge in [-0.05, 0) is 49.2 Å². The monoisotopic (exact) mass is 456 g/mol. The van der Waals surface area contributed by atoms with Crippen molar-refractivity contribution in [3.63, 3.8) is 0 Å².